The third-order valence-corrected chi connectivity index (χ3v) is 3.54. The Labute approximate surface area is 123 Å². The first-order valence-electron chi connectivity index (χ1n) is 6.95. The molecule has 0 radical (unpaired) electrons. The zero-order valence-corrected chi connectivity index (χ0v) is 12.1. The van der Waals surface area contributed by atoms with Gasteiger partial charge in [-0.05, 0) is 24.6 Å². The molecule has 0 bridgehead atoms. The number of para-hydroxylation sites is 1. The van der Waals surface area contributed by atoms with Gasteiger partial charge in [0.05, 0.1) is 35.0 Å². The highest BCUT2D eigenvalue weighted by molar-refractivity contribution is 5.34. The lowest BCUT2D eigenvalue weighted by Crippen LogP contribution is -2.19. The number of aryl methyl sites for hydroxylation is 2. The van der Waals surface area contributed by atoms with Crippen molar-refractivity contribution in [2.24, 2.45) is 12.8 Å². The van der Waals surface area contributed by atoms with E-state index in [2.05, 4.69) is 22.3 Å². The number of nitrogens with two attached hydrogens (primary N) is 1. The second kappa shape index (κ2) is 5.49. The summed E-state index contributed by atoms with van der Waals surface area (Å²) >= 11 is 0. The van der Waals surface area contributed by atoms with Gasteiger partial charge in [-0.15, -0.1) is 5.10 Å². The molecule has 0 aliphatic heterocycles. The Morgan fingerprint density at radius 3 is 2.62 bits per heavy atom. The van der Waals surface area contributed by atoms with Crippen molar-refractivity contribution in [2.75, 3.05) is 0 Å². The van der Waals surface area contributed by atoms with Crippen LogP contribution in [-0.2, 0) is 13.5 Å². The predicted molar refractivity (Wildman–Crippen MR) is 80.0 cm³/mol. The molecule has 1 aromatic carbocycles. The number of rotatable bonds is 4. The van der Waals surface area contributed by atoms with Gasteiger partial charge in [-0.2, -0.15) is 5.10 Å². The Morgan fingerprint density at radius 1 is 1.19 bits per heavy atom. The van der Waals surface area contributed by atoms with Crippen molar-refractivity contribution in [2.45, 2.75) is 19.4 Å². The van der Waals surface area contributed by atoms with Gasteiger partial charge in [0.15, 0.2) is 0 Å². The van der Waals surface area contributed by atoms with E-state index in [-0.39, 0.29) is 6.04 Å². The molecule has 0 aliphatic carbocycles. The highest BCUT2D eigenvalue weighted by Crippen LogP contribution is 2.21. The Bertz CT molecular complexity index is 728. The average Bonchev–Trinajstić information content (AvgIpc) is 3.14. The molecule has 0 spiro atoms. The van der Waals surface area contributed by atoms with E-state index in [9.17, 15) is 0 Å². The molecule has 2 heterocycles. The fourth-order valence-electron chi connectivity index (χ4n) is 2.38. The van der Waals surface area contributed by atoms with Gasteiger partial charge in [0, 0.05) is 7.05 Å². The molecule has 6 heteroatoms. The van der Waals surface area contributed by atoms with Crippen molar-refractivity contribution in [3.05, 3.63) is 59.7 Å². The summed E-state index contributed by atoms with van der Waals surface area (Å²) < 4.78 is 3.59. The molecule has 21 heavy (non-hydrogen) atoms. The minimum absolute atomic E-state index is 0.321. The van der Waals surface area contributed by atoms with Crippen LogP contribution in [0.5, 0.6) is 0 Å². The zero-order chi connectivity index (χ0) is 14.8. The fraction of sp³-hybridized carbons (Fsp3) is 0.267. The molecule has 1 atom stereocenters. The molecular formula is C15H18N6. The Balaban J connectivity index is 2.01. The first-order chi connectivity index (χ1) is 10.2. The summed E-state index contributed by atoms with van der Waals surface area (Å²) in [6.07, 6.45) is 2.59. The van der Waals surface area contributed by atoms with Crippen LogP contribution in [0.15, 0.2) is 42.6 Å². The van der Waals surface area contributed by atoms with Crippen LogP contribution in [-0.4, -0.2) is 24.8 Å². The lowest BCUT2D eigenvalue weighted by Gasteiger charge is -2.13. The SMILES string of the molecule is CCc1cc(C(N)c2cnnn2-c2ccccc2)n(C)n1. The van der Waals surface area contributed by atoms with E-state index < -0.39 is 0 Å². The largest absolute Gasteiger partial charge is 0.318 e. The Kier molecular flexibility index (Phi) is 3.53. The van der Waals surface area contributed by atoms with Crippen LogP contribution >= 0.6 is 0 Å². The van der Waals surface area contributed by atoms with Crippen molar-refractivity contribution >= 4 is 0 Å². The summed E-state index contributed by atoms with van der Waals surface area (Å²) in [5, 5.41) is 12.6. The molecule has 3 aromatic rings. The maximum absolute atomic E-state index is 6.41. The normalized spacial score (nSPS) is 12.5. The monoisotopic (exact) mass is 282 g/mol. The van der Waals surface area contributed by atoms with Gasteiger partial charge in [-0.1, -0.05) is 30.3 Å². The Hall–Kier alpha value is -2.47. The molecule has 108 valence electrons. The van der Waals surface area contributed by atoms with Gasteiger partial charge in [-0.3, -0.25) is 4.68 Å². The number of hydrogen-bond acceptors (Lipinski definition) is 4. The van der Waals surface area contributed by atoms with Gasteiger partial charge < -0.3 is 5.73 Å². The topological polar surface area (TPSA) is 74.5 Å². The first kappa shape index (κ1) is 13.5. The predicted octanol–water partition coefficient (Wildman–Crippen LogP) is 1.61. The van der Waals surface area contributed by atoms with Crippen LogP contribution in [0, 0.1) is 0 Å². The van der Waals surface area contributed by atoms with Gasteiger partial charge in [0.25, 0.3) is 0 Å². The van der Waals surface area contributed by atoms with Gasteiger partial charge in [-0.25, -0.2) is 4.68 Å². The molecule has 6 nitrogen and oxygen atoms in total. The molecule has 0 fully saturated rings. The summed E-state index contributed by atoms with van der Waals surface area (Å²) in [7, 11) is 1.91. The molecule has 0 saturated heterocycles. The van der Waals surface area contributed by atoms with Crippen molar-refractivity contribution in [1.29, 1.82) is 0 Å². The zero-order valence-electron chi connectivity index (χ0n) is 12.1. The van der Waals surface area contributed by atoms with Crippen LogP contribution in [0.25, 0.3) is 5.69 Å². The molecular weight excluding hydrogens is 264 g/mol. The van der Waals surface area contributed by atoms with E-state index >= 15 is 0 Å². The van der Waals surface area contributed by atoms with Crippen LogP contribution in [0.1, 0.15) is 30.0 Å². The quantitative estimate of drug-likeness (QED) is 0.789. The summed E-state index contributed by atoms with van der Waals surface area (Å²) in [6, 6.07) is 11.6. The highest BCUT2D eigenvalue weighted by atomic mass is 15.4. The maximum Gasteiger partial charge on any atom is 0.0914 e. The fourth-order valence-corrected chi connectivity index (χ4v) is 2.38. The van der Waals surface area contributed by atoms with E-state index in [1.54, 1.807) is 10.9 Å². The molecule has 2 aromatic heterocycles. The second-order valence-corrected chi connectivity index (χ2v) is 4.92. The number of benzene rings is 1. The smallest absolute Gasteiger partial charge is 0.0914 e. The van der Waals surface area contributed by atoms with E-state index in [1.165, 1.54) is 0 Å². The minimum atomic E-state index is -0.321. The van der Waals surface area contributed by atoms with Gasteiger partial charge in [0.1, 0.15) is 0 Å². The molecule has 0 amide bonds. The first-order valence-corrected chi connectivity index (χ1v) is 6.95. The van der Waals surface area contributed by atoms with E-state index in [1.807, 2.05) is 48.1 Å². The third-order valence-electron chi connectivity index (χ3n) is 3.54. The molecule has 1 unspecified atom stereocenters. The highest BCUT2D eigenvalue weighted by Gasteiger charge is 2.19. The minimum Gasteiger partial charge on any atom is -0.318 e. The van der Waals surface area contributed by atoms with E-state index in [0.717, 1.165) is 29.2 Å². The van der Waals surface area contributed by atoms with Crippen LogP contribution in [0.4, 0.5) is 0 Å². The van der Waals surface area contributed by atoms with Gasteiger partial charge in [0.2, 0.25) is 0 Å². The third kappa shape index (κ3) is 2.45. The van der Waals surface area contributed by atoms with Crippen molar-refractivity contribution in [3.63, 3.8) is 0 Å². The van der Waals surface area contributed by atoms with E-state index in [4.69, 9.17) is 5.73 Å². The van der Waals surface area contributed by atoms with Crippen molar-refractivity contribution < 1.29 is 0 Å². The number of nitrogens with zero attached hydrogens (tertiary/aromatic N) is 5. The van der Waals surface area contributed by atoms with Gasteiger partial charge >= 0.3 is 0 Å². The lowest BCUT2D eigenvalue weighted by atomic mass is 10.1. The standard InChI is InChI=1S/C15H18N6/c1-3-11-9-13(20(2)18-11)15(16)14-10-17-19-21(14)12-7-5-4-6-8-12/h4-10,15H,3,16H2,1-2H3. The van der Waals surface area contributed by atoms with E-state index in [0.29, 0.717) is 0 Å². The molecule has 2 N–H and O–H groups in total. The number of aromatic nitrogens is 5. The average molecular weight is 282 g/mol. The van der Waals surface area contributed by atoms with Crippen LogP contribution in [0.2, 0.25) is 0 Å². The summed E-state index contributed by atoms with van der Waals surface area (Å²) in [4.78, 5) is 0. The Morgan fingerprint density at radius 2 is 1.95 bits per heavy atom. The summed E-state index contributed by atoms with van der Waals surface area (Å²) in [5.41, 5.74) is 10.2. The number of hydrogen-bond donors (Lipinski definition) is 1. The van der Waals surface area contributed by atoms with Crippen molar-refractivity contribution in [3.8, 4) is 5.69 Å². The summed E-state index contributed by atoms with van der Waals surface area (Å²) in [6.45, 7) is 2.08. The maximum atomic E-state index is 6.41. The van der Waals surface area contributed by atoms with Crippen LogP contribution < -0.4 is 5.73 Å². The molecule has 0 saturated carbocycles. The van der Waals surface area contributed by atoms with Crippen LogP contribution in [0.3, 0.4) is 0 Å². The van der Waals surface area contributed by atoms with Crippen molar-refractivity contribution in [1.82, 2.24) is 24.8 Å². The second-order valence-electron chi connectivity index (χ2n) is 4.92. The lowest BCUT2D eigenvalue weighted by molar-refractivity contribution is 0.638. The molecule has 0 aliphatic rings. The summed E-state index contributed by atoms with van der Waals surface area (Å²) in [5.74, 6) is 0. The molecule has 3 rings (SSSR count).